The second-order valence-electron chi connectivity index (χ2n) is 9.86. The van der Waals surface area contributed by atoms with Gasteiger partial charge in [0.15, 0.2) is 0 Å². The van der Waals surface area contributed by atoms with E-state index < -0.39 is 10.0 Å². The molecule has 4 bridgehead atoms. The summed E-state index contributed by atoms with van der Waals surface area (Å²) in [5, 5.41) is 3.09. The molecule has 0 radical (unpaired) electrons. The maximum absolute atomic E-state index is 13.4. The van der Waals surface area contributed by atoms with E-state index in [1.54, 1.807) is 18.2 Å². The van der Waals surface area contributed by atoms with E-state index in [-0.39, 0.29) is 16.2 Å². The second-order valence-corrected chi connectivity index (χ2v) is 11.8. The van der Waals surface area contributed by atoms with Gasteiger partial charge in [-0.05, 0) is 94.2 Å². The Morgan fingerprint density at radius 2 is 1.70 bits per heavy atom. The number of nitrogens with zero attached hydrogens (tertiary/aromatic N) is 1. The van der Waals surface area contributed by atoms with Crippen LogP contribution in [0.25, 0.3) is 0 Å². The van der Waals surface area contributed by atoms with Crippen molar-refractivity contribution in [2.75, 3.05) is 25.0 Å². The van der Waals surface area contributed by atoms with Gasteiger partial charge in [-0.25, -0.2) is 8.42 Å². The Hall–Kier alpha value is -1.60. The topological polar surface area (TPSA) is 75.7 Å². The third kappa shape index (κ3) is 3.44. The highest BCUT2D eigenvalue weighted by Crippen LogP contribution is 2.60. The summed E-state index contributed by atoms with van der Waals surface area (Å²) >= 11 is 0. The van der Waals surface area contributed by atoms with Crippen LogP contribution < -0.4 is 10.1 Å². The summed E-state index contributed by atoms with van der Waals surface area (Å²) in [6, 6.07) is 5.05. The number of amides is 1. The highest BCUT2D eigenvalue weighted by atomic mass is 32.2. The molecule has 0 spiro atoms. The molecule has 5 aliphatic rings. The third-order valence-electron chi connectivity index (χ3n) is 7.70. The molecule has 0 atom stereocenters. The van der Waals surface area contributed by atoms with Crippen LogP contribution in [0.3, 0.4) is 0 Å². The fourth-order valence-electron chi connectivity index (χ4n) is 6.78. The predicted molar refractivity (Wildman–Crippen MR) is 115 cm³/mol. The van der Waals surface area contributed by atoms with Crippen LogP contribution in [0.2, 0.25) is 0 Å². The first-order chi connectivity index (χ1) is 14.4. The number of hydrogen-bond acceptors (Lipinski definition) is 4. The zero-order valence-corrected chi connectivity index (χ0v) is 18.5. The van der Waals surface area contributed by atoms with Gasteiger partial charge in [0, 0.05) is 18.8 Å². The van der Waals surface area contributed by atoms with E-state index in [0.29, 0.717) is 48.9 Å². The van der Waals surface area contributed by atoms with Crippen molar-refractivity contribution in [2.45, 2.75) is 63.2 Å². The summed E-state index contributed by atoms with van der Waals surface area (Å²) in [5.74, 6) is 2.50. The summed E-state index contributed by atoms with van der Waals surface area (Å²) in [6.45, 7) is 3.31. The van der Waals surface area contributed by atoms with Crippen LogP contribution >= 0.6 is 0 Å². The van der Waals surface area contributed by atoms with Crippen molar-refractivity contribution in [3.05, 3.63) is 18.2 Å². The molecule has 6 nitrogen and oxygen atoms in total. The van der Waals surface area contributed by atoms with Gasteiger partial charge < -0.3 is 10.1 Å². The lowest BCUT2D eigenvalue weighted by Gasteiger charge is -2.55. The Balaban J connectivity index is 1.42. The fourth-order valence-corrected chi connectivity index (χ4v) is 8.46. The number of rotatable bonds is 6. The molecule has 7 heteroatoms. The van der Waals surface area contributed by atoms with Crippen LogP contribution in [-0.4, -0.2) is 38.3 Å². The van der Waals surface area contributed by atoms with E-state index in [1.165, 1.54) is 23.6 Å². The molecule has 1 N–H and O–H groups in total. The summed E-state index contributed by atoms with van der Waals surface area (Å²) in [4.78, 5) is 13.6. The van der Waals surface area contributed by atoms with Crippen molar-refractivity contribution < 1.29 is 17.9 Å². The molecular weight excluding hydrogens is 400 g/mol. The molecule has 0 aromatic heterocycles. The Labute approximate surface area is 179 Å². The number of benzene rings is 1. The van der Waals surface area contributed by atoms with Gasteiger partial charge in [0.1, 0.15) is 10.6 Å². The van der Waals surface area contributed by atoms with Gasteiger partial charge in [-0.15, -0.1) is 0 Å². The van der Waals surface area contributed by atoms with Gasteiger partial charge >= 0.3 is 0 Å². The fraction of sp³-hybridized carbons (Fsp3) is 0.696. The number of ether oxygens (including phenoxy) is 1. The molecule has 1 heterocycles. The number of carbonyl (C=O) groups excluding carboxylic acids is 1. The van der Waals surface area contributed by atoms with Crippen LogP contribution in [0.1, 0.15) is 58.3 Å². The zero-order chi connectivity index (χ0) is 20.9. The largest absolute Gasteiger partial charge is 0.492 e. The van der Waals surface area contributed by atoms with Gasteiger partial charge in [-0.2, -0.15) is 4.31 Å². The Morgan fingerprint density at radius 3 is 2.27 bits per heavy atom. The molecule has 1 saturated heterocycles. The van der Waals surface area contributed by atoms with E-state index >= 15 is 0 Å². The molecule has 1 amide bonds. The van der Waals surface area contributed by atoms with Crippen molar-refractivity contribution in [3.8, 4) is 5.75 Å². The summed E-state index contributed by atoms with van der Waals surface area (Å²) in [7, 11) is -3.64. The lowest BCUT2D eigenvalue weighted by Crippen LogP contribution is -2.51. The summed E-state index contributed by atoms with van der Waals surface area (Å²) < 4.78 is 33.6. The zero-order valence-electron chi connectivity index (χ0n) is 17.7. The standard InChI is InChI=1S/C23H32N2O4S/c1-2-29-20-6-5-19(12-21(20)30(27,28)25-7-3-4-8-25)24-22(26)23-13-16-9-17(14-23)11-18(10-16)15-23/h5-6,12,16-18H,2-4,7-11,13-15H2,1H3,(H,24,26). The second kappa shape index (κ2) is 7.52. The lowest BCUT2D eigenvalue weighted by molar-refractivity contribution is -0.140. The summed E-state index contributed by atoms with van der Waals surface area (Å²) in [5.41, 5.74) is 0.290. The Kier molecular flexibility index (Phi) is 5.09. The molecular formula is C23H32N2O4S. The minimum absolute atomic E-state index is 0.0790. The number of anilines is 1. The molecule has 164 valence electrons. The monoisotopic (exact) mass is 432 g/mol. The molecule has 0 unspecified atom stereocenters. The van der Waals surface area contributed by atoms with Crippen molar-refractivity contribution in [2.24, 2.45) is 23.2 Å². The van der Waals surface area contributed by atoms with E-state index in [1.807, 2.05) is 6.92 Å². The maximum Gasteiger partial charge on any atom is 0.246 e. The van der Waals surface area contributed by atoms with Gasteiger partial charge in [0.25, 0.3) is 0 Å². The average Bonchev–Trinajstić information content (AvgIpc) is 3.24. The number of nitrogens with one attached hydrogen (secondary N) is 1. The van der Waals surface area contributed by atoms with Crippen LogP contribution in [-0.2, 0) is 14.8 Å². The van der Waals surface area contributed by atoms with Crippen LogP contribution in [0.4, 0.5) is 5.69 Å². The molecule has 1 aliphatic heterocycles. The van der Waals surface area contributed by atoms with E-state index in [4.69, 9.17) is 4.74 Å². The van der Waals surface area contributed by atoms with Crippen molar-refractivity contribution in [1.82, 2.24) is 4.31 Å². The smallest absolute Gasteiger partial charge is 0.246 e. The SMILES string of the molecule is CCOc1ccc(NC(=O)C23CC4CC(CC(C4)C2)C3)cc1S(=O)(=O)N1CCCC1. The maximum atomic E-state index is 13.4. The third-order valence-corrected chi connectivity index (χ3v) is 9.62. The molecule has 5 fully saturated rings. The van der Waals surface area contributed by atoms with E-state index in [2.05, 4.69) is 5.32 Å². The number of sulfonamides is 1. The first kappa shape index (κ1) is 20.3. The van der Waals surface area contributed by atoms with Gasteiger partial charge in [-0.3, -0.25) is 4.79 Å². The van der Waals surface area contributed by atoms with Gasteiger partial charge in [-0.1, -0.05) is 0 Å². The molecule has 6 rings (SSSR count). The molecule has 1 aromatic rings. The first-order valence-corrected chi connectivity index (χ1v) is 12.9. The van der Waals surface area contributed by atoms with E-state index in [9.17, 15) is 13.2 Å². The van der Waals surface area contributed by atoms with Crippen LogP contribution in [0, 0.1) is 23.2 Å². The van der Waals surface area contributed by atoms with Crippen molar-refractivity contribution >= 4 is 21.6 Å². The minimum atomic E-state index is -3.64. The normalized spacial score (nSPS) is 33.0. The van der Waals surface area contributed by atoms with Gasteiger partial charge in [0.05, 0.1) is 12.0 Å². The molecule has 1 aromatic carbocycles. The molecule has 4 saturated carbocycles. The highest BCUT2D eigenvalue weighted by molar-refractivity contribution is 7.89. The lowest BCUT2D eigenvalue weighted by atomic mass is 9.49. The molecule has 30 heavy (non-hydrogen) atoms. The predicted octanol–water partition coefficient (Wildman–Crippen LogP) is 4.02. The van der Waals surface area contributed by atoms with Crippen LogP contribution in [0.15, 0.2) is 23.1 Å². The van der Waals surface area contributed by atoms with Gasteiger partial charge in [0.2, 0.25) is 15.9 Å². The Bertz CT molecular complexity index is 901. The first-order valence-electron chi connectivity index (χ1n) is 11.5. The summed E-state index contributed by atoms with van der Waals surface area (Å²) in [6.07, 6.45) is 8.58. The van der Waals surface area contributed by atoms with Crippen molar-refractivity contribution in [1.29, 1.82) is 0 Å². The van der Waals surface area contributed by atoms with Crippen molar-refractivity contribution in [3.63, 3.8) is 0 Å². The average molecular weight is 433 g/mol. The quantitative estimate of drug-likeness (QED) is 0.737. The van der Waals surface area contributed by atoms with E-state index in [0.717, 1.165) is 32.1 Å². The highest BCUT2D eigenvalue weighted by Gasteiger charge is 2.54. The Morgan fingerprint density at radius 1 is 1.10 bits per heavy atom. The molecule has 4 aliphatic carbocycles. The van der Waals surface area contributed by atoms with Crippen LogP contribution in [0.5, 0.6) is 5.75 Å². The number of hydrogen-bond donors (Lipinski definition) is 1. The minimum Gasteiger partial charge on any atom is -0.492 e. The number of carbonyl (C=O) groups is 1.